The van der Waals surface area contributed by atoms with Crippen molar-refractivity contribution in [3.8, 4) is 0 Å². The Morgan fingerprint density at radius 2 is 1.91 bits per heavy atom. The third kappa shape index (κ3) is 2.57. The van der Waals surface area contributed by atoms with Crippen LogP contribution < -0.4 is 0 Å². The molecule has 0 aliphatic heterocycles. The molecule has 0 aromatic heterocycles. The summed E-state index contributed by atoms with van der Waals surface area (Å²) in [5, 5.41) is 0. The van der Waals surface area contributed by atoms with E-state index in [1.54, 1.807) is 14.0 Å². The van der Waals surface area contributed by atoms with Gasteiger partial charge in [-0.1, -0.05) is 0 Å². The number of ether oxygens (including phenoxy) is 1. The highest BCUT2D eigenvalue weighted by Gasteiger charge is 2.19. The third-order valence-corrected chi connectivity index (χ3v) is 1.62. The monoisotopic (exact) mass is 159 g/mol. The molecule has 0 rings (SSSR count). The maximum absolute atomic E-state index is 10.8. The van der Waals surface area contributed by atoms with E-state index < -0.39 is 12.0 Å². The quantitative estimate of drug-likeness (QED) is 0.534. The van der Waals surface area contributed by atoms with E-state index >= 15 is 0 Å². The molecule has 0 bridgehead atoms. The molecule has 64 valence electrons. The maximum Gasteiger partial charge on any atom is 0.328 e. The first kappa shape index (κ1) is 9.94. The van der Waals surface area contributed by atoms with E-state index in [0.717, 1.165) is 0 Å². The Morgan fingerprint density at radius 1 is 1.45 bits per heavy atom. The van der Waals surface area contributed by atoms with Crippen LogP contribution in [0.2, 0.25) is 0 Å². The van der Waals surface area contributed by atoms with Crippen molar-refractivity contribution in [1.82, 2.24) is 4.90 Å². The van der Waals surface area contributed by atoms with Crippen LogP contribution in [0.1, 0.15) is 13.8 Å². The lowest BCUT2D eigenvalue weighted by molar-refractivity contribution is -0.150. The predicted molar refractivity (Wildman–Crippen MR) is 39.9 cm³/mol. The van der Waals surface area contributed by atoms with Crippen molar-refractivity contribution in [3.05, 3.63) is 0 Å². The minimum Gasteiger partial charge on any atom is -0.467 e. The molecule has 0 saturated heterocycles. The molecule has 0 radical (unpaired) electrons. The third-order valence-electron chi connectivity index (χ3n) is 1.62. The Hall–Kier alpha value is -1.06. The second kappa shape index (κ2) is 3.95. The Kier molecular flexibility index (Phi) is 3.57. The second-order valence-electron chi connectivity index (χ2n) is 2.33. The van der Waals surface area contributed by atoms with Crippen LogP contribution >= 0.6 is 0 Å². The Balaban J connectivity index is 4.12. The van der Waals surface area contributed by atoms with Crippen molar-refractivity contribution in [2.75, 3.05) is 14.2 Å². The van der Waals surface area contributed by atoms with E-state index in [-0.39, 0.29) is 5.91 Å². The summed E-state index contributed by atoms with van der Waals surface area (Å²) >= 11 is 0. The van der Waals surface area contributed by atoms with E-state index in [9.17, 15) is 9.59 Å². The van der Waals surface area contributed by atoms with Gasteiger partial charge in [-0.3, -0.25) is 4.79 Å². The van der Waals surface area contributed by atoms with Gasteiger partial charge in [0.1, 0.15) is 6.04 Å². The van der Waals surface area contributed by atoms with Crippen LogP contribution in [0.3, 0.4) is 0 Å². The second-order valence-corrected chi connectivity index (χ2v) is 2.33. The van der Waals surface area contributed by atoms with Gasteiger partial charge in [0.2, 0.25) is 5.91 Å². The van der Waals surface area contributed by atoms with Gasteiger partial charge in [0.15, 0.2) is 0 Å². The molecule has 1 amide bonds. The van der Waals surface area contributed by atoms with Gasteiger partial charge >= 0.3 is 5.97 Å². The first-order valence-electron chi connectivity index (χ1n) is 3.32. The summed E-state index contributed by atoms with van der Waals surface area (Å²) < 4.78 is 4.45. The summed E-state index contributed by atoms with van der Waals surface area (Å²) in [7, 11) is 2.86. The summed E-state index contributed by atoms with van der Waals surface area (Å²) in [6.07, 6.45) is 0. The van der Waals surface area contributed by atoms with Crippen molar-refractivity contribution in [3.63, 3.8) is 0 Å². The molecule has 4 heteroatoms. The maximum atomic E-state index is 10.8. The fourth-order valence-electron chi connectivity index (χ4n) is 0.601. The molecule has 0 aromatic carbocycles. The smallest absolute Gasteiger partial charge is 0.328 e. The number of rotatable bonds is 2. The van der Waals surface area contributed by atoms with Crippen molar-refractivity contribution in [2.45, 2.75) is 19.9 Å². The predicted octanol–water partition coefficient (Wildman–Crippen LogP) is 0.0262. The number of carbonyl (C=O) groups excluding carboxylic acids is 2. The van der Waals surface area contributed by atoms with Crippen LogP contribution in [0, 0.1) is 0 Å². The zero-order valence-corrected chi connectivity index (χ0v) is 7.25. The van der Waals surface area contributed by atoms with Crippen molar-refractivity contribution in [2.24, 2.45) is 0 Å². The topological polar surface area (TPSA) is 46.6 Å². The van der Waals surface area contributed by atoms with Crippen LogP contribution in [-0.4, -0.2) is 37.0 Å². The Morgan fingerprint density at radius 3 is 2.18 bits per heavy atom. The van der Waals surface area contributed by atoms with Crippen LogP contribution in [0.4, 0.5) is 0 Å². The molecule has 0 unspecified atom stereocenters. The van der Waals surface area contributed by atoms with Crippen molar-refractivity contribution in [1.29, 1.82) is 0 Å². The highest BCUT2D eigenvalue weighted by Crippen LogP contribution is 1.97. The summed E-state index contributed by atoms with van der Waals surface area (Å²) in [4.78, 5) is 22.9. The van der Waals surface area contributed by atoms with Crippen LogP contribution in [0.15, 0.2) is 0 Å². The van der Waals surface area contributed by atoms with E-state index in [0.29, 0.717) is 0 Å². The summed E-state index contributed by atoms with van der Waals surface area (Å²) in [5.41, 5.74) is 0. The largest absolute Gasteiger partial charge is 0.467 e. The molecule has 0 saturated carbocycles. The van der Waals surface area contributed by atoms with Crippen LogP contribution in [-0.2, 0) is 14.3 Å². The Bertz CT molecular complexity index is 167. The fraction of sp³-hybridized carbons (Fsp3) is 0.714. The van der Waals surface area contributed by atoms with E-state index in [1.807, 2.05) is 0 Å². The normalized spacial score (nSPS) is 12.0. The highest BCUT2D eigenvalue weighted by atomic mass is 16.5. The summed E-state index contributed by atoms with van der Waals surface area (Å²) in [6.45, 7) is 3.02. The highest BCUT2D eigenvalue weighted by molar-refractivity contribution is 5.82. The molecule has 0 N–H and O–H groups in total. The first-order chi connectivity index (χ1) is 5.00. The standard InChI is InChI=1S/C7H13NO3/c1-5(7(10)11-4)8(3)6(2)9/h5H,1-4H3/t5-/m1/s1. The summed E-state index contributed by atoms with van der Waals surface area (Å²) in [5.74, 6) is -0.550. The zero-order valence-electron chi connectivity index (χ0n) is 7.25. The number of hydrogen-bond acceptors (Lipinski definition) is 3. The molecule has 1 atom stereocenters. The SMILES string of the molecule is COC(=O)[C@@H](C)N(C)C(C)=O. The number of nitrogens with zero attached hydrogens (tertiary/aromatic N) is 1. The number of hydrogen-bond donors (Lipinski definition) is 0. The minimum absolute atomic E-state index is 0.150. The number of likely N-dealkylation sites (N-methyl/N-ethyl adjacent to an activating group) is 1. The van der Waals surface area contributed by atoms with E-state index in [2.05, 4.69) is 4.74 Å². The first-order valence-corrected chi connectivity index (χ1v) is 3.32. The molecule has 4 nitrogen and oxygen atoms in total. The summed E-state index contributed by atoms with van der Waals surface area (Å²) in [6, 6.07) is -0.502. The van der Waals surface area contributed by atoms with Gasteiger partial charge in [0.25, 0.3) is 0 Å². The average molecular weight is 159 g/mol. The van der Waals surface area contributed by atoms with Gasteiger partial charge in [-0.2, -0.15) is 0 Å². The van der Waals surface area contributed by atoms with Gasteiger partial charge in [-0.05, 0) is 6.92 Å². The number of carbonyl (C=O) groups is 2. The zero-order chi connectivity index (χ0) is 9.02. The van der Waals surface area contributed by atoms with Gasteiger partial charge in [-0.15, -0.1) is 0 Å². The number of esters is 1. The van der Waals surface area contributed by atoms with Gasteiger partial charge in [0, 0.05) is 14.0 Å². The lowest BCUT2D eigenvalue weighted by Gasteiger charge is -2.20. The molecular weight excluding hydrogens is 146 g/mol. The lowest BCUT2D eigenvalue weighted by atomic mass is 10.3. The molecule has 0 spiro atoms. The average Bonchev–Trinajstić information content (AvgIpc) is 2.00. The van der Waals surface area contributed by atoms with Crippen LogP contribution in [0.25, 0.3) is 0 Å². The molecule has 0 fully saturated rings. The Labute approximate surface area is 66.1 Å². The molecule has 0 aliphatic carbocycles. The number of methoxy groups -OCH3 is 1. The molecular formula is C7H13NO3. The fourth-order valence-corrected chi connectivity index (χ4v) is 0.601. The lowest BCUT2D eigenvalue weighted by Crippen LogP contribution is -2.39. The van der Waals surface area contributed by atoms with E-state index in [1.165, 1.54) is 18.9 Å². The van der Waals surface area contributed by atoms with E-state index in [4.69, 9.17) is 0 Å². The van der Waals surface area contributed by atoms with Crippen LogP contribution in [0.5, 0.6) is 0 Å². The minimum atomic E-state index is -0.502. The molecule has 0 aromatic rings. The van der Waals surface area contributed by atoms with Crippen molar-refractivity contribution < 1.29 is 14.3 Å². The molecule has 0 heterocycles. The van der Waals surface area contributed by atoms with Gasteiger partial charge in [-0.25, -0.2) is 4.79 Å². The molecule has 11 heavy (non-hydrogen) atoms. The van der Waals surface area contributed by atoms with Gasteiger partial charge in [0.05, 0.1) is 7.11 Å². The molecule has 0 aliphatic rings. The van der Waals surface area contributed by atoms with Crippen molar-refractivity contribution >= 4 is 11.9 Å². The number of amides is 1. The van der Waals surface area contributed by atoms with Gasteiger partial charge < -0.3 is 9.64 Å².